The molecular weight excluding hydrogens is 218 g/mol. The van der Waals surface area contributed by atoms with Gasteiger partial charge < -0.3 is 15.0 Å². The van der Waals surface area contributed by atoms with Crippen LogP contribution in [0.4, 0.5) is 0 Å². The van der Waals surface area contributed by atoms with Crippen molar-refractivity contribution in [2.24, 2.45) is 5.73 Å². The maximum atomic E-state index is 5.95. The lowest BCUT2D eigenvalue weighted by atomic mass is 9.96. The molecule has 1 rings (SSSR count). The monoisotopic (exact) mass is 241 g/mol. The van der Waals surface area contributed by atoms with Crippen LogP contribution in [0.5, 0.6) is 0 Å². The van der Waals surface area contributed by atoms with E-state index in [0.717, 1.165) is 25.7 Å². The van der Waals surface area contributed by atoms with Crippen LogP contribution in [0, 0.1) is 0 Å². The molecule has 0 saturated carbocycles. The zero-order valence-electron chi connectivity index (χ0n) is 11.2. The molecule has 1 aromatic heterocycles. The summed E-state index contributed by atoms with van der Waals surface area (Å²) in [5.74, 6) is 1.11. The minimum atomic E-state index is -0.451. The maximum absolute atomic E-state index is 5.95. The summed E-state index contributed by atoms with van der Waals surface area (Å²) < 4.78 is 10.8. The molecule has 0 amide bonds. The number of hydrogen-bond donors (Lipinski definition) is 1. The summed E-state index contributed by atoms with van der Waals surface area (Å²) >= 11 is 0. The Balaban J connectivity index is 2.92. The fourth-order valence-electron chi connectivity index (χ4n) is 1.95. The predicted octanol–water partition coefficient (Wildman–Crippen LogP) is 2.53. The second-order valence-corrected chi connectivity index (χ2v) is 4.26. The van der Waals surface area contributed by atoms with Crippen molar-refractivity contribution in [3.63, 3.8) is 0 Å². The molecule has 1 atom stereocenters. The molecule has 0 spiro atoms. The molecule has 0 aromatic carbocycles. The molecule has 5 heteroatoms. The molecular formula is C12H23N3O2. The van der Waals surface area contributed by atoms with Gasteiger partial charge in [-0.25, -0.2) is 0 Å². The van der Waals surface area contributed by atoms with Crippen LogP contribution in [0.1, 0.15) is 64.2 Å². The Morgan fingerprint density at radius 1 is 1.35 bits per heavy atom. The zero-order valence-corrected chi connectivity index (χ0v) is 11.2. The Morgan fingerprint density at radius 2 is 2.00 bits per heavy atom. The highest BCUT2D eigenvalue weighted by molar-refractivity contribution is 5.02. The minimum Gasteiger partial charge on any atom is -0.370 e. The lowest BCUT2D eigenvalue weighted by Gasteiger charge is -2.25. The fraction of sp³-hybridized carbons (Fsp3) is 0.833. The van der Waals surface area contributed by atoms with Crippen LogP contribution in [-0.2, 0) is 10.3 Å². The number of nitrogens with zero attached hydrogens (tertiary/aromatic N) is 2. The van der Waals surface area contributed by atoms with Crippen molar-refractivity contribution in [3.05, 3.63) is 11.7 Å². The van der Waals surface area contributed by atoms with Crippen LogP contribution in [0.2, 0.25) is 0 Å². The van der Waals surface area contributed by atoms with Crippen molar-refractivity contribution < 1.29 is 9.26 Å². The molecule has 5 nitrogen and oxygen atoms in total. The van der Waals surface area contributed by atoms with E-state index in [4.69, 9.17) is 15.0 Å². The minimum absolute atomic E-state index is 0.176. The molecule has 0 bridgehead atoms. The summed E-state index contributed by atoms with van der Waals surface area (Å²) in [6.07, 6.45) is 3.46. The van der Waals surface area contributed by atoms with Crippen molar-refractivity contribution >= 4 is 0 Å². The average Bonchev–Trinajstić information content (AvgIpc) is 2.83. The summed E-state index contributed by atoms with van der Waals surface area (Å²) in [6.45, 7) is 6.18. The van der Waals surface area contributed by atoms with E-state index in [1.165, 1.54) is 0 Å². The van der Waals surface area contributed by atoms with E-state index in [1.54, 1.807) is 7.11 Å². The predicted molar refractivity (Wildman–Crippen MR) is 65.4 cm³/mol. The quantitative estimate of drug-likeness (QED) is 0.794. The van der Waals surface area contributed by atoms with Crippen molar-refractivity contribution in [1.29, 1.82) is 0 Å². The summed E-state index contributed by atoms with van der Waals surface area (Å²) in [6, 6.07) is -0.176. The van der Waals surface area contributed by atoms with Gasteiger partial charge in [0.15, 0.2) is 0 Å². The fourth-order valence-corrected chi connectivity index (χ4v) is 1.95. The van der Waals surface area contributed by atoms with Gasteiger partial charge in [0.2, 0.25) is 11.7 Å². The van der Waals surface area contributed by atoms with Crippen LogP contribution in [0.25, 0.3) is 0 Å². The first-order valence-electron chi connectivity index (χ1n) is 6.28. The summed E-state index contributed by atoms with van der Waals surface area (Å²) in [5.41, 5.74) is 5.50. The molecule has 0 aliphatic heterocycles. The number of hydrogen-bond acceptors (Lipinski definition) is 5. The molecule has 0 radical (unpaired) electrons. The first kappa shape index (κ1) is 14.1. The number of methoxy groups -OCH3 is 1. The average molecular weight is 241 g/mol. The van der Waals surface area contributed by atoms with Crippen LogP contribution in [0.15, 0.2) is 4.52 Å². The van der Waals surface area contributed by atoms with Crippen molar-refractivity contribution in [3.8, 4) is 0 Å². The second-order valence-electron chi connectivity index (χ2n) is 4.26. The Morgan fingerprint density at radius 3 is 2.47 bits per heavy atom. The van der Waals surface area contributed by atoms with Gasteiger partial charge in [-0.2, -0.15) is 4.98 Å². The smallest absolute Gasteiger partial charge is 0.243 e. The van der Waals surface area contributed by atoms with Crippen LogP contribution < -0.4 is 5.73 Å². The van der Waals surface area contributed by atoms with Crippen LogP contribution in [0.3, 0.4) is 0 Å². The van der Waals surface area contributed by atoms with Gasteiger partial charge in [0.05, 0.1) is 6.04 Å². The Labute approximate surface area is 103 Å². The third-order valence-corrected chi connectivity index (χ3v) is 3.30. The van der Waals surface area contributed by atoms with E-state index in [9.17, 15) is 0 Å². The van der Waals surface area contributed by atoms with Gasteiger partial charge in [0.1, 0.15) is 5.60 Å². The van der Waals surface area contributed by atoms with Gasteiger partial charge in [-0.1, -0.05) is 32.3 Å². The van der Waals surface area contributed by atoms with Gasteiger partial charge in [0.25, 0.3) is 0 Å². The van der Waals surface area contributed by atoms with E-state index >= 15 is 0 Å². The molecule has 0 saturated heterocycles. The molecule has 0 aliphatic carbocycles. The van der Waals surface area contributed by atoms with E-state index in [2.05, 4.69) is 30.9 Å². The van der Waals surface area contributed by atoms with Gasteiger partial charge in [-0.05, 0) is 19.3 Å². The maximum Gasteiger partial charge on any atom is 0.243 e. The van der Waals surface area contributed by atoms with Crippen molar-refractivity contribution in [1.82, 2.24) is 10.1 Å². The normalized spacial score (nSPS) is 13.9. The van der Waals surface area contributed by atoms with Gasteiger partial charge in [-0.15, -0.1) is 0 Å². The molecule has 98 valence electrons. The van der Waals surface area contributed by atoms with E-state index < -0.39 is 5.60 Å². The van der Waals surface area contributed by atoms with E-state index in [1.807, 2.05) is 0 Å². The Hall–Kier alpha value is -0.940. The summed E-state index contributed by atoms with van der Waals surface area (Å²) in [4.78, 5) is 4.39. The molecule has 0 fully saturated rings. The number of rotatable bonds is 7. The molecule has 2 N–H and O–H groups in total. The molecule has 0 aliphatic rings. The largest absolute Gasteiger partial charge is 0.370 e. The van der Waals surface area contributed by atoms with E-state index in [0.29, 0.717) is 11.7 Å². The Kier molecular flexibility index (Phi) is 5.08. The topological polar surface area (TPSA) is 74.2 Å². The Bertz CT molecular complexity index is 326. The van der Waals surface area contributed by atoms with Crippen molar-refractivity contribution in [2.75, 3.05) is 7.11 Å². The highest BCUT2D eigenvalue weighted by Gasteiger charge is 2.34. The zero-order chi connectivity index (χ0) is 12.9. The third kappa shape index (κ3) is 2.84. The molecule has 1 aromatic rings. The second kappa shape index (κ2) is 6.12. The number of ether oxygens (including phenoxy) is 1. The summed E-state index contributed by atoms with van der Waals surface area (Å²) in [7, 11) is 1.68. The van der Waals surface area contributed by atoms with Crippen LogP contribution in [-0.4, -0.2) is 17.3 Å². The number of aromatic nitrogens is 2. The summed E-state index contributed by atoms with van der Waals surface area (Å²) in [5, 5.41) is 4.01. The highest BCUT2D eigenvalue weighted by Crippen LogP contribution is 2.30. The molecule has 0 unspecified atom stereocenters. The van der Waals surface area contributed by atoms with Gasteiger partial charge in [-0.3, -0.25) is 0 Å². The van der Waals surface area contributed by atoms with Gasteiger partial charge >= 0.3 is 0 Å². The standard InChI is InChI=1S/C12H23N3O2/c1-5-8-9(13)10-14-11(15-17-10)12(6-2,7-3)16-4/h9H,5-8,13H2,1-4H3/t9-/m0/s1. The lowest BCUT2D eigenvalue weighted by Crippen LogP contribution is -2.28. The third-order valence-electron chi connectivity index (χ3n) is 3.30. The number of nitrogens with two attached hydrogens (primary N) is 1. The first-order chi connectivity index (χ1) is 8.13. The SMILES string of the molecule is CCC[C@H](N)c1nc(C(CC)(CC)OC)no1. The molecule has 17 heavy (non-hydrogen) atoms. The lowest BCUT2D eigenvalue weighted by molar-refractivity contribution is -0.0306. The van der Waals surface area contributed by atoms with Crippen LogP contribution >= 0.6 is 0 Å². The van der Waals surface area contributed by atoms with Crippen molar-refractivity contribution in [2.45, 2.75) is 58.1 Å². The highest BCUT2D eigenvalue weighted by atomic mass is 16.5. The molecule has 1 heterocycles. The van der Waals surface area contributed by atoms with E-state index in [-0.39, 0.29) is 6.04 Å². The first-order valence-corrected chi connectivity index (χ1v) is 6.28. The van der Waals surface area contributed by atoms with Gasteiger partial charge in [0, 0.05) is 7.11 Å².